The zero-order valence-corrected chi connectivity index (χ0v) is 11.0. The van der Waals surface area contributed by atoms with Crippen molar-refractivity contribution in [1.29, 1.82) is 0 Å². The molecule has 2 unspecified atom stereocenters. The van der Waals surface area contributed by atoms with E-state index in [0.29, 0.717) is 22.9 Å². The van der Waals surface area contributed by atoms with E-state index in [-0.39, 0.29) is 5.56 Å². The maximum absolute atomic E-state index is 10.9. The van der Waals surface area contributed by atoms with Gasteiger partial charge in [0.25, 0.3) is 0 Å². The van der Waals surface area contributed by atoms with Gasteiger partial charge in [0.2, 0.25) is 0 Å². The van der Waals surface area contributed by atoms with Crippen LogP contribution in [0, 0.1) is 6.92 Å². The molecule has 0 spiro atoms. The summed E-state index contributed by atoms with van der Waals surface area (Å²) in [5.41, 5.74) is 1.19. The smallest absolute Gasteiger partial charge is 0.335 e. The number of carboxylic acids is 1. The van der Waals surface area contributed by atoms with Gasteiger partial charge in [-0.1, -0.05) is 28.1 Å². The summed E-state index contributed by atoms with van der Waals surface area (Å²) in [5.74, 6) is -1.04. The molecule has 0 fully saturated rings. The predicted molar refractivity (Wildman–Crippen MR) is 67.5 cm³/mol. The highest BCUT2D eigenvalue weighted by Crippen LogP contribution is 2.22. The molecule has 2 atom stereocenters. The summed E-state index contributed by atoms with van der Waals surface area (Å²) >= 11 is 3.17. The average Bonchev–Trinajstić information content (AvgIpc) is 2.28. The first kappa shape index (κ1) is 14.2. The number of benzene rings is 1. The van der Waals surface area contributed by atoms with Gasteiger partial charge >= 0.3 is 5.97 Å². The van der Waals surface area contributed by atoms with Crippen LogP contribution in [0.4, 0.5) is 0 Å². The van der Waals surface area contributed by atoms with Gasteiger partial charge in [-0.3, -0.25) is 0 Å². The number of aliphatic hydroxyl groups is 2. The Kier molecular flexibility index (Phi) is 5.11. The minimum absolute atomic E-state index is 0.146. The van der Waals surface area contributed by atoms with E-state index >= 15 is 0 Å². The molecule has 0 amide bonds. The fourth-order valence-corrected chi connectivity index (χ4v) is 2.01. The summed E-state index contributed by atoms with van der Waals surface area (Å²) in [6, 6.07) is 4.66. The molecule has 4 nitrogen and oxygen atoms in total. The number of alkyl halides is 1. The molecule has 0 radical (unpaired) electrons. The quantitative estimate of drug-likeness (QED) is 0.726. The molecule has 0 aliphatic rings. The average molecular weight is 303 g/mol. The minimum Gasteiger partial charge on any atom is -0.478 e. The number of halogens is 1. The lowest BCUT2D eigenvalue weighted by Crippen LogP contribution is -2.19. The van der Waals surface area contributed by atoms with Gasteiger partial charge in [-0.15, -0.1) is 0 Å². The summed E-state index contributed by atoms with van der Waals surface area (Å²) in [5, 5.41) is 29.0. The van der Waals surface area contributed by atoms with Crippen LogP contribution in [0.5, 0.6) is 0 Å². The molecule has 0 aliphatic heterocycles. The van der Waals surface area contributed by atoms with Gasteiger partial charge in [0.1, 0.15) is 6.10 Å². The molecule has 94 valence electrons. The van der Waals surface area contributed by atoms with E-state index in [1.54, 1.807) is 19.1 Å². The van der Waals surface area contributed by atoms with Crippen LogP contribution in [-0.4, -0.2) is 32.7 Å². The Bertz CT molecular complexity index is 405. The van der Waals surface area contributed by atoms with Crippen molar-refractivity contribution in [1.82, 2.24) is 0 Å². The maximum Gasteiger partial charge on any atom is 0.335 e. The molecule has 5 heteroatoms. The standard InChI is InChI=1S/C12H15BrO4/c1-7-2-3-8(6-9(7)12(16)17)11(15)10(14)4-5-13/h2-3,6,10-11,14-15H,4-5H2,1H3,(H,16,17). The van der Waals surface area contributed by atoms with Gasteiger partial charge < -0.3 is 15.3 Å². The predicted octanol–water partition coefficient (Wildman–Crippen LogP) is 1.87. The number of aryl methyl sites for hydroxylation is 1. The number of carbonyl (C=O) groups is 1. The zero-order valence-electron chi connectivity index (χ0n) is 9.43. The van der Waals surface area contributed by atoms with Crippen LogP contribution >= 0.6 is 15.9 Å². The Labute approximate surface area is 108 Å². The van der Waals surface area contributed by atoms with Crippen molar-refractivity contribution in [2.24, 2.45) is 0 Å². The van der Waals surface area contributed by atoms with Gasteiger partial charge in [0.15, 0.2) is 0 Å². The van der Waals surface area contributed by atoms with Gasteiger partial charge in [0, 0.05) is 5.33 Å². The molecule has 1 aromatic rings. The van der Waals surface area contributed by atoms with Crippen molar-refractivity contribution >= 4 is 21.9 Å². The zero-order chi connectivity index (χ0) is 13.0. The third kappa shape index (κ3) is 3.52. The molecule has 3 N–H and O–H groups in total. The molecule has 0 saturated heterocycles. The third-order valence-corrected chi connectivity index (χ3v) is 3.06. The number of aromatic carboxylic acids is 1. The van der Waals surface area contributed by atoms with Gasteiger partial charge in [-0.25, -0.2) is 4.79 Å². The molecule has 1 aromatic carbocycles. The van der Waals surface area contributed by atoms with Gasteiger partial charge in [0.05, 0.1) is 11.7 Å². The molecule has 17 heavy (non-hydrogen) atoms. The lowest BCUT2D eigenvalue weighted by atomic mass is 9.98. The maximum atomic E-state index is 10.9. The first-order chi connectivity index (χ1) is 7.97. The lowest BCUT2D eigenvalue weighted by molar-refractivity contribution is 0.0173. The number of carboxylic acid groups (broad SMARTS) is 1. The van der Waals surface area contributed by atoms with Crippen molar-refractivity contribution in [3.8, 4) is 0 Å². The van der Waals surface area contributed by atoms with E-state index in [2.05, 4.69) is 15.9 Å². The van der Waals surface area contributed by atoms with Crippen LogP contribution in [-0.2, 0) is 0 Å². The second-order valence-corrected chi connectivity index (χ2v) is 4.66. The summed E-state index contributed by atoms with van der Waals surface area (Å²) < 4.78 is 0. The van der Waals surface area contributed by atoms with Crippen molar-refractivity contribution in [2.75, 3.05) is 5.33 Å². The van der Waals surface area contributed by atoms with Gasteiger partial charge in [-0.2, -0.15) is 0 Å². The third-order valence-electron chi connectivity index (χ3n) is 2.60. The van der Waals surface area contributed by atoms with Crippen LogP contribution in [0.15, 0.2) is 18.2 Å². The molecule has 0 saturated carbocycles. The van der Waals surface area contributed by atoms with Crippen LogP contribution in [0.1, 0.15) is 34.0 Å². The molecule has 0 aromatic heterocycles. The number of aliphatic hydroxyl groups excluding tert-OH is 2. The first-order valence-corrected chi connectivity index (χ1v) is 6.35. The molecule has 1 rings (SSSR count). The number of hydrogen-bond donors (Lipinski definition) is 3. The van der Waals surface area contributed by atoms with Crippen LogP contribution < -0.4 is 0 Å². The Hall–Kier alpha value is -0.910. The van der Waals surface area contributed by atoms with Crippen LogP contribution in [0.3, 0.4) is 0 Å². The van der Waals surface area contributed by atoms with Crippen molar-refractivity contribution < 1.29 is 20.1 Å². The summed E-state index contributed by atoms with van der Waals surface area (Å²) in [6.45, 7) is 1.69. The van der Waals surface area contributed by atoms with Crippen LogP contribution in [0.2, 0.25) is 0 Å². The summed E-state index contributed by atoms with van der Waals surface area (Å²) in [6.07, 6.45) is -1.57. The Balaban J connectivity index is 2.99. The second-order valence-electron chi connectivity index (χ2n) is 3.87. The normalized spacial score (nSPS) is 14.4. The lowest BCUT2D eigenvalue weighted by Gasteiger charge is -2.18. The first-order valence-electron chi connectivity index (χ1n) is 5.23. The molecule has 0 aliphatic carbocycles. The molecular weight excluding hydrogens is 288 g/mol. The Morgan fingerprint density at radius 2 is 2.06 bits per heavy atom. The van der Waals surface area contributed by atoms with Gasteiger partial charge in [-0.05, 0) is 30.5 Å². The van der Waals surface area contributed by atoms with E-state index in [0.717, 1.165) is 0 Å². The van der Waals surface area contributed by atoms with E-state index in [4.69, 9.17) is 5.11 Å². The highest BCUT2D eigenvalue weighted by atomic mass is 79.9. The number of rotatable bonds is 5. The van der Waals surface area contributed by atoms with Crippen molar-refractivity contribution in [3.63, 3.8) is 0 Å². The second kappa shape index (κ2) is 6.14. The SMILES string of the molecule is Cc1ccc(C(O)C(O)CCBr)cc1C(=O)O. The largest absolute Gasteiger partial charge is 0.478 e. The summed E-state index contributed by atoms with van der Waals surface area (Å²) in [7, 11) is 0. The number of hydrogen-bond acceptors (Lipinski definition) is 3. The highest BCUT2D eigenvalue weighted by molar-refractivity contribution is 9.09. The van der Waals surface area contributed by atoms with Crippen molar-refractivity contribution in [2.45, 2.75) is 25.6 Å². The topological polar surface area (TPSA) is 77.8 Å². The van der Waals surface area contributed by atoms with E-state index < -0.39 is 18.2 Å². The highest BCUT2D eigenvalue weighted by Gasteiger charge is 2.19. The molecule has 0 heterocycles. The van der Waals surface area contributed by atoms with E-state index in [1.165, 1.54) is 6.07 Å². The Morgan fingerprint density at radius 1 is 1.41 bits per heavy atom. The fourth-order valence-electron chi connectivity index (χ4n) is 1.55. The summed E-state index contributed by atoms with van der Waals surface area (Å²) in [4.78, 5) is 10.9. The molecule has 0 bridgehead atoms. The Morgan fingerprint density at radius 3 is 2.59 bits per heavy atom. The van der Waals surface area contributed by atoms with E-state index in [1.807, 2.05) is 0 Å². The van der Waals surface area contributed by atoms with E-state index in [9.17, 15) is 15.0 Å². The molecular formula is C12H15BrO4. The van der Waals surface area contributed by atoms with Crippen LogP contribution in [0.25, 0.3) is 0 Å². The minimum atomic E-state index is -1.06. The fraction of sp³-hybridized carbons (Fsp3) is 0.417. The monoisotopic (exact) mass is 302 g/mol. The van der Waals surface area contributed by atoms with Crippen molar-refractivity contribution in [3.05, 3.63) is 34.9 Å².